The molecule has 88 heavy (non-hydrogen) atoms. The first-order chi connectivity index (χ1) is 42.8. The van der Waals surface area contributed by atoms with Crippen LogP contribution in [0.5, 0.6) is 0 Å². The van der Waals surface area contributed by atoms with E-state index in [-0.39, 0.29) is 22.2 Å². The van der Waals surface area contributed by atoms with Crippen LogP contribution in [0.25, 0.3) is 120 Å². The molecule has 16 aromatic rings. The van der Waals surface area contributed by atoms with Crippen LogP contribution in [-0.2, 0) is 22.7 Å². The van der Waals surface area contributed by atoms with Gasteiger partial charge < -0.3 is 18.2 Å². The molecule has 19 rings (SSSR count). The molecule has 3 heterocycles. The van der Waals surface area contributed by atoms with Crippen LogP contribution in [0, 0.1) is 0 Å². The second kappa shape index (κ2) is 17.5. The summed E-state index contributed by atoms with van der Waals surface area (Å²) in [5.41, 5.74) is 25.2. The highest BCUT2D eigenvalue weighted by molar-refractivity contribution is 6.16. The third kappa shape index (κ3) is 6.92. The lowest BCUT2D eigenvalue weighted by atomic mass is 9.71. The Labute approximate surface area is 509 Å². The van der Waals surface area contributed by atoms with E-state index in [1.165, 1.54) is 110 Å². The zero-order chi connectivity index (χ0) is 58.7. The maximum atomic E-state index is 7.50. The number of benzene rings is 13. The molecule has 4 nitrogen and oxygen atoms in total. The molecule has 0 amide bonds. The number of rotatable bonds is 6. The molecular formula is C84H61NO3. The van der Waals surface area contributed by atoms with Gasteiger partial charge in [0.05, 0.1) is 0 Å². The van der Waals surface area contributed by atoms with Crippen molar-refractivity contribution in [3.63, 3.8) is 0 Å². The van der Waals surface area contributed by atoms with Crippen molar-refractivity contribution in [2.24, 2.45) is 0 Å². The van der Waals surface area contributed by atoms with Gasteiger partial charge in [0.25, 0.3) is 0 Å². The molecule has 0 bridgehead atoms. The average Bonchev–Trinajstić information content (AvgIpc) is 2.26. The zero-order valence-electron chi connectivity index (χ0n) is 50.1. The van der Waals surface area contributed by atoms with Crippen molar-refractivity contribution in [2.45, 2.75) is 76.5 Å². The van der Waals surface area contributed by atoms with Crippen LogP contribution in [0.2, 0.25) is 0 Å². The van der Waals surface area contributed by atoms with Crippen LogP contribution in [0.4, 0.5) is 17.1 Å². The summed E-state index contributed by atoms with van der Waals surface area (Å²) >= 11 is 0. The van der Waals surface area contributed by atoms with Gasteiger partial charge in [-0.25, -0.2) is 0 Å². The molecular weight excluding hydrogens is 1070 g/mol. The Hall–Kier alpha value is -10.2. The number of fused-ring (bicyclic) bond motifs is 18. The van der Waals surface area contributed by atoms with Crippen LogP contribution in [0.1, 0.15) is 104 Å². The summed E-state index contributed by atoms with van der Waals surface area (Å²) in [6.07, 6.45) is 1.88. The van der Waals surface area contributed by atoms with Gasteiger partial charge in [0, 0.05) is 77.8 Å². The summed E-state index contributed by atoms with van der Waals surface area (Å²) in [6.45, 7) is 14.4. The second-order valence-electron chi connectivity index (χ2n) is 27.2. The third-order valence-electron chi connectivity index (χ3n) is 21.1. The van der Waals surface area contributed by atoms with Crippen molar-refractivity contribution in [3.8, 4) is 22.3 Å². The number of hydrogen-bond acceptors (Lipinski definition) is 4. The van der Waals surface area contributed by atoms with Crippen molar-refractivity contribution in [2.75, 3.05) is 4.90 Å². The molecule has 4 heteroatoms. The van der Waals surface area contributed by atoms with E-state index in [0.717, 1.165) is 90.0 Å². The Kier molecular flexibility index (Phi) is 9.96. The molecule has 3 aromatic heterocycles. The maximum absolute atomic E-state index is 7.50. The summed E-state index contributed by atoms with van der Waals surface area (Å²) < 4.78 is 21.2. The molecule has 3 aliphatic rings. The molecule has 0 radical (unpaired) electrons. The number of aryl methyl sites for hydroxylation is 1. The van der Waals surface area contributed by atoms with E-state index in [9.17, 15) is 0 Å². The van der Waals surface area contributed by atoms with Crippen LogP contribution >= 0.6 is 0 Å². The Bertz CT molecular complexity index is 5760. The summed E-state index contributed by atoms with van der Waals surface area (Å²) in [6, 6.07) is 86.2. The highest BCUT2D eigenvalue weighted by atomic mass is 16.3. The lowest BCUT2D eigenvalue weighted by molar-refractivity contribution is 0.471. The minimum absolute atomic E-state index is 0.120. The Morgan fingerprint density at radius 2 is 0.807 bits per heavy atom. The van der Waals surface area contributed by atoms with Gasteiger partial charge >= 0.3 is 0 Å². The standard InChI is InChI=1S/C84H61NO3/c1-82(2)36-35-64-72(85(55-27-32-60-58-20-12-14-22-69(58)84(5,6)71(60)45-55)56-28-33-62-66-38-48-16-8-10-18-50(48)42-76(66)87-77(62)46-56)34-26-51-39-67-63-31-25-54(44-74(63)88-81(67)80(82)79(51)64)78(52-23-29-59-57-19-11-13-21-68(57)83(3,4)70(59)40-52)53-24-30-61-65-37-47-15-7-9-17-49(47)41-75(65)86-73(61)43-53/h7-34,37-46,78H,35-36H2,1-6H3/t78-/m0/s1. The van der Waals surface area contributed by atoms with E-state index >= 15 is 0 Å². The maximum Gasteiger partial charge on any atom is 0.139 e. The first-order valence-electron chi connectivity index (χ1n) is 31.3. The van der Waals surface area contributed by atoms with Crippen molar-refractivity contribution >= 4 is 115 Å². The summed E-state index contributed by atoms with van der Waals surface area (Å²) in [7, 11) is 0. The fourth-order valence-electron chi connectivity index (χ4n) is 16.6. The number of hydrogen-bond donors (Lipinski definition) is 0. The van der Waals surface area contributed by atoms with Gasteiger partial charge in [0.1, 0.15) is 33.5 Å². The lowest BCUT2D eigenvalue weighted by Crippen LogP contribution is -2.25. The second-order valence-corrected chi connectivity index (χ2v) is 27.2. The van der Waals surface area contributed by atoms with Crippen LogP contribution in [-0.4, -0.2) is 0 Å². The predicted molar refractivity (Wildman–Crippen MR) is 366 cm³/mol. The van der Waals surface area contributed by atoms with Crippen molar-refractivity contribution in [1.82, 2.24) is 0 Å². The number of anilines is 3. The van der Waals surface area contributed by atoms with Crippen LogP contribution in [0.3, 0.4) is 0 Å². The molecule has 3 aliphatic carbocycles. The molecule has 1 atom stereocenters. The topological polar surface area (TPSA) is 42.7 Å². The fourth-order valence-corrected chi connectivity index (χ4v) is 16.6. The summed E-state index contributed by atoms with van der Waals surface area (Å²) in [5.74, 6) is -0.120. The number of nitrogens with zero attached hydrogens (tertiary/aromatic N) is 1. The zero-order valence-corrected chi connectivity index (χ0v) is 50.1. The van der Waals surface area contributed by atoms with Gasteiger partial charge in [0.2, 0.25) is 0 Å². The third-order valence-corrected chi connectivity index (χ3v) is 21.1. The van der Waals surface area contributed by atoms with Gasteiger partial charge in [-0.3, -0.25) is 0 Å². The summed E-state index contributed by atoms with van der Waals surface area (Å²) in [4.78, 5) is 2.51. The molecule has 0 unspecified atom stereocenters. The van der Waals surface area contributed by atoms with E-state index in [1.807, 2.05) is 0 Å². The van der Waals surface area contributed by atoms with Gasteiger partial charge in [-0.15, -0.1) is 0 Å². The van der Waals surface area contributed by atoms with Gasteiger partial charge in [0.15, 0.2) is 0 Å². The van der Waals surface area contributed by atoms with E-state index in [0.29, 0.717) is 0 Å². The molecule has 0 aliphatic heterocycles. The Balaban J connectivity index is 0.798. The van der Waals surface area contributed by atoms with E-state index in [2.05, 4.69) is 277 Å². The highest BCUT2D eigenvalue weighted by Gasteiger charge is 2.39. The lowest BCUT2D eigenvalue weighted by Gasteiger charge is -2.36. The van der Waals surface area contributed by atoms with E-state index in [4.69, 9.17) is 13.3 Å². The van der Waals surface area contributed by atoms with E-state index < -0.39 is 0 Å². The van der Waals surface area contributed by atoms with Gasteiger partial charge in [-0.2, -0.15) is 0 Å². The molecule has 0 N–H and O–H groups in total. The van der Waals surface area contributed by atoms with Crippen LogP contribution < -0.4 is 4.90 Å². The minimum atomic E-state index is -0.184. The van der Waals surface area contributed by atoms with E-state index in [1.54, 1.807) is 0 Å². The molecule has 420 valence electrons. The molecule has 0 spiro atoms. The Morgan fingerprint density at radius 1 is 0.352 bits per heavy atom. The first-order valence-corrected chi connectivity index (χ1v) is 31.3. The number of furan rings is 3. The first kappa shape index (κ1) is 50.0. The fraction of sp³-hybridized carbons (Fsp3) is 0.143. The monoisotopic (exact) mass is 1130 g/mol. The molecule has 0 saturated heterocycles. The smallest absolute Gasteiger partial charge is 0.139 e. The van der Waals surface area contributed by atoms with Crippen LogP contribution in [0.15, 0.2) is 244 Å². The quantitative estimate of drug-likeness (QED) is 0.156. The van der Waals surface area contributed by atoms with Crippen molar-refractivity contribution in [1.29, 1.82) is 0 Å². The summed E-state index contributed by atoms with van der Waals surface area (Å²) in [5, 5.41) is 14.1. The highest BCUT2D eigenvalue weighted by Crippen LogP contribution is 2.56. The normalized spacial score (nSPS) is 15.5. The SMILES string of the molecule is CC1(C)CCc2c(N(c3ccc4c(c3)C(C)(C)c3ccccc3-4)c3ccc4c(c3)oc3cc5ccccc5cc34)ccc3cc4c(oc5cc([C@@H](c6ccc7c(c6)C(C)(C)c6ccccc6-7)c6ccc7c(c6)oc6cc8ccccc8cc67)ccc54)c1c23. The molecule has 13 aromatic carbocycles. The molecule has 0 saturated carbocycles. The molecule has 0 fully saturated rings. The Morgan fingerprint density at radius 3 is 1.44 bits per heavy atom. The average molecular weight is 1130 g/mol. The largest absolute Gasteiger partial charge is 0.456 e. The predicted octanol–water partition coefficient (Wildman–Crippen LogP) is 23.3. The van der Waals surface area contributed by atoms with Crippen molar-refractivity contribution < 1.29 is 13.3 Å². The van der Waals surface area contributed by atoms with Crippen molar-refractivity contribution in [3.05, 3.63) is 281 Å². The minimum Gasteiger partial charge on any atom is -0.456 e. The van der Waals surface area contributed by atoms with Gasteiger partial charge in [-0.1, -0.05) is 193 Å². The van der Waals surface area contributed by atoms with Gasteiger partial charge in [-0.05, 0) is 190 Å².